The lowest BCUT2D eigenvalue weighted by atomic mass is 10.3. The highest BCUT2D eigenvalue weighted by molar-refractivity contribution is 7.99. The van der Waals surface area contributed by atoms with E-state index in [0.717, 1.165) is 25.0 Å². The minimum absolute atomic E-state index is 0.0463. The molecule has 0 aliphatic heterocycles. The van der Waals surface area contributed by atoms with E-state index in [0.29, 0.717) is 10.3 Å². The number of rotatable bonds is 5. The number of hydrogen-bond donors (Lipinski definition) is 2. The van der Waals surface area contributed by atoms with E-state index in [1.54, 1.807) is 0 Å². The van der Waals surface area contributed by atoms with Crippen LogP contribution in [0.2, 0.25) is 10.0 Å². The summed E-state index contributed by atoms with van der Waals surface area (Å²) in [6.45, 7) is 2.11. The third-order valence-electron chi connectivity index (χ3n) is 3.41. The predicted molar refractivity (Wildman–Crippen MR) is 90.8 cm³/mol. The number of nitrogens with two attached hydrogens (primary N) is 1. The Morgan fingerprint density at radius 3 is 2.71 bits per heavy atom. The zero-order chi connectivity index (χ0) is 15.6. The van der Waals surface area contributed by atoms with E-state index in [1.165, 1.54) is 12.1 Å². The standard InChI is InChI=1S/C13H18Cl2N2O2S2/c1-2-20-10-4-3-9(7-10)17-21(18,19)13-11(15)5-8(14)6-12(13)16/h5-6,9-10,17H,2-4,7,16H2,1H3. The molecule has 2 atom stereocenters. The van der Waals surface area contributed by atoms with Crippen molar-refractivity contribution >= 4 is 50.7 Å². The second-order valence-corrected chi connectivity index (χ2v) is 9.09. The predicted octanol–water partition coefficient (Wildman–Crippen LogP) is 3.53. The quantitative estimate of drug-likeness (QED) is 0.779. The van der Waals surface area contributed by atoms with Crippen molar-refractivity contribution in [1.29, 1.82) is 0 Å². The number of hydrogen-bond acceptors (Lipinski definition) is 4. The molecule has 0 aromatic heterocycles. The van der Waals surface area contributed by atoms with Gasteiger partial charge in [-0.2, -0.15) is 11.8 Å². The highest BCUT2D eigenvalue weighted by Gasteiger charge is 2.30. The number of thioether (sulfide) groups is 1. The summed E-state index contributed by atoms with van der Waals surface area (Å²) in [6.07, 6.45) is 2.69. The van der Waals surface area contributed by atoms with Gasteiger partial charge >= 0.3 is 0 Å². The molecule has 2 rings (SSSR count). The van der Waals surface area contributed by atoms with Crippen LogP contribution in [0.5, 0.6) is 0 Å². The lowest BCUT2D eigenvalue weighted by Crippen LogP contribution is -2.33. The molecule has 1 aliphatic carbocycles. The molecule has 4 nitrogen and oxygen atoms in total. The van der Waals surface area contributed by atoms with Gasteiger partial charge in [-0.1, -0.05) is 30.1 Å². The maximum atomic E-state index is 12.5. The van der Waals surface area contributed by atoms with Gasteiger partial charge in [0.1, 0.15) is 4.90 Å². The number of anilines is 1. The number of benzene rings is 1. The molecular weight excluding hydrogens is 351 g/mol. The molecule has 0 saturated heterocycles. The molecule has 8 heteroatoms. The van der Waals surface area contributed by atoms with Crippen LogP contribution in [-0.2, 0) is 10.0 Å². The number of nitrogens with one attached hydrogen (secondary N) is 1. The molecule has 118 valence electrons. The van der Waals surface area contributed by atoms with E-state index in [4.69, 9.17) is 28.9 Å². The number of nitrogen functional groups attached to an aromatic ring is 1. The van der Waals surface area contributed by atoms with Crippen LogP contribution < -0.4 is 10.5 Å². The average molecular weight is 369 g/mol. The molecule has 1 aromatic carbocycles. The van der Waals surface area contributed by atoms with Crippen molar-refractivity contribution in [3.63, 3.8) is 0 Å². The fraction of sp³-hybridized carbons (Fsp3) is 0.538. The highest BCUT2D eigenvalue weighted by atomic mass is 35.5. The largest absolute Gasteiger partial charge is 0.398 e. The summed E-state index contributed by atoms with van der Waals surface area (Å²) in [4.78, 5) is -0.0832. The molecule has 0 radical (unpaired) electrons. The zero-order valence-electron chi connectivity index (χ0n) is 11.6. The summed E-state index contributed by atoms with van der Waals surface area (Å²) in [5.41, 5.74) is 5.83. The maximum Gasteiger partial charge on any atom is 0.244 e. The van der Waals surface area contributed by atoms with Crippen LogP contribution in [0.3, 0.4) is 0 Å². The first-order valence-electron chi connectivity index (χ1n) is 6.72. The van der Waals surface area contributed by atoms with Crippen molar-refractivity contribution in [3.05, 3.63) is 22.2 Å². The van der Waals surface area contributed by atoms with Gasteiger partial charge in [0.2, 0.25) is 10.0 Å². The van der Waals surface area contributed by atoms with Crippen LogP contribution in [0.25, 0.3) is 0 Å². The molecule has 3 N–H and O–H groups in total. The summed E-state index contributed by atoms with van der Waals surface area (Å²) in [5.74, 6) is 1.04. The summed E-state index contributed by atoms with van der Waals surface area (Å²) >= 11 is 13.7. The lowest BCUT2D eigenvalue weighted by molar-refractivity contribution is 0.553. The van der Waals surface area contributed by atoms with Crippen LogP contribution in [0.1, 0.15) is 26.2 Å². The number of sulfonamides is 1. The summed E-state index contributed by atoms with van der Waals surface area (Å²) in [7, 11) is -3.74. The summed E-state index contributed by atoms with van der Waals surface area (Å²) in [6, 6.07) is 2.72. The van der Waals surface area contributed by atoms with Crippen molar-refractivity contribution in [2.75, 3.05) is 11.5 Å². The van der Waals surface area contributed by atoms with Crippen LogP contribution in [0.15, 0.2) is 17.0 Å². The molecule has 1 saturated carbocycles. The Morgan fingerprint density at radius 1 is 1.38 bits per heavy atom. The maximum absolute atomic E-state index is 12.5. The van der Waals surface area contributed by atoms with E-state index in [-0.39, 0.29) is 21.6 Å². The topological polar surface area (TPSA) is 72.2 Å². The third-order valence-corrected chi connectivity index (χ3v) is 6.91. The van der Waals surface area contributed by atoms with Gasteiger partial charge < -0.3 is 5.73 Å². The van der Waals surface area contributed by atoms with Crippen molar-refractivity contribution in [2.45, 2.75) is 42.4 Å². The van der Waals surface area contributed by atoms with E-state index in [1.807, 2.05) is 11.8 Å². The summed E-state index contributed by atoms with van der Waals surface area (Å²) < 4.78 is 27.7. The van der Waals surface area contributed by atoms with Crippen LogP contribution >= 0.6 is 35.0 Å². The fourth-order valence-electron chi connectivity index (χ4n) is 2.58. The van der Waals surface area contributed by atoms with Crippen molar-refractivity contribution < 1.29 is 8.42 Å². The summed E-state index contributed by atoms with van der Waals surface area (Å²) in [5, 5.41) is 0.877. The monoisotopic (exact) mass is 368 g/mol. The van der Waals surface area contributed by atoms with Gasteiger partial charge in [0.15, 0.2) is 0 Å². The Balaban J connectivity index is 2.17. The Morgan fingerprint density at radius 2 is 2.10 bits per heavy atom. The van der Waals surface area contributed by atoms with Crippen molar-refractivity contribution in [3.8, 4) is 0 Å². The lowest BCUT2D eigenvalue weighted by Gasteiger charge is -2.16. The second kappa shape index (κ2) is 6.96. The molecule has 1 aromatic rings. The average Bonchev–Trinajstić information content (AvgIpc) is 2.74. The van der Waals surface area contributed by atoms with E-state index < -0.39 is 10.0 Å². The van der Waals surface area contributed by atoms with Gasteiger partial charge in [-0.25, -0.2) is 13.1 Å². The SMILES string of the molecule is CCSC1CCC(NS(=O)(=O)c2c(N)cc(Cl)cc2Cl)C1. The first-order chi connectivity index (χ1) is 9.83. The molecule has 0 bridgehead atoms. The van der Waals surface area contributed by atoms with Crippen LogP contribution in [0.4, 0.5) is 5.69 Å². The minimum Gasteiger partial charge on any atom is -0.398 e. The first kappa shape index (κ1) is 17.2. The molecular formula is C13H18Cl2N2O2S2. The Hall–Kier alpha value is -0.140. The van der Waals surface area contributed by atoms with E-state index in [9.17, 15) is 8.42 Å². The molecule has 1 fully saturated rings. The molecule has 0 spiro atoms. The smallest absolute Gasteiger partial charge is 0.244 e. The van der Waals surface area contributed by atoms with Gasteiger partial charge in [0, 0.05) is 16.3 Å². The van der Waals surface area contributed by atoms with Gasteiger partial charge in [-0.15, -0.1) is 0 Å². The Kier molecular flexibility index (Phi) is 5.71. The number of halogens is 2. The fourth-order valence-corrected chi connectivity index (χ4v) is 5.99. The third kappa shape index (κ3) is 4.20. The molecule has 2 unspecified atom stereocenters. The molecule has 0 heterocycles. The minimum atomic E-state index is -3.74. The van der Waals surface area contributed by atoms with Crippen LogP contribution in [0, 0.1) is 0 Å². The van der Waals surface area contributed by atoms with Gasteiger partial charge in [0.25, 0.3) is 0 Å². The van der Waals surface area contributed by atoms with Gasteiger partial charge in [-0.05, 0) is 37.1 Å². The highest BCUT2D eigenvalue weighted by Crippen LogP contribution is 2.34. The normalized spacial score (nSPS) is 22.6. The van der Waals surface area contributed by atoms with E-state index >= 15 is 0 Å². The van der Waals surface area contributed by atoms with Gasteiger partial charge in [-0.3, -0.25) is 0 Å². The molecule has 0 amide bonds. The zero-order valence-corrected chi connectivity index (χ0v) is 14.7. The van der Waals surface area contributed by atoms with Crippen LogP contribution in [-0.4, -0.2) is 25.5 Å². The molecule has 1 aliphatic rings. The first-order valence-corrected chi connectivity index (χ1v) is 10.0. The van der Waals surface area contributed by atoms with Gasteiger partial charge in [0.05, 0.1) is 10.7 Å². The Labute approximate surface area is 139 Å². The van der Waals surface area contributed by atoms with Crippen molar-refractivity contribution in [1.82, 2.24) is 4.72 Å². The van der Waals surface area contributed by atoms with E-state index in [2.05, 4.69) is 11.6 Å². The van der Waals surface area contributed by atoms with Crippen molar-refractivity contribution in [2.24, 2.45) is 0 Å². The molecule has 21 heavy (non-hydrogen) atoms. The Bertz CT molecular complexity index is 600. The second-order valence-electron chi connectivity index (χ2n) is 5.01.